The zero-order valence-corrected chi connectivity index (χ0v) is 12.0. The molecule has 0 radical (unpaired) electrons. The molecule has 1 saturated heterocycles. The van der Waals surface area contributed by atoms with Crippen LogP contribution in [0.4, 0.5) is 0 Å². The Morgan fingerprint density at radius 1 is 1.43 bits per heavy atom. The summed E-state index contributed by atoms with van der Waals surface area (Å²) in [6.07, 6.45) is 3.69. The number of amides is 1. The molecule has 6 nitrogen and oxygen atoms in total. The molecule has 0 bridgehead atoms. The highest BCUT2D eigenvalue weighted by Gasteiger charge is 2.33. The van der Waals surface area contributed by atoms with Gasteiger partial charge in [0.15, 0.2) is 10.8 Å². The fourth-order valence-electron chi connectivity index (χ4n) is 2.46. The van der Waals surface area contributed by atoms with E-state index in [0.717, 1.165) is 12.8 Å². The number of rotatable bonds is 3. The Bertz CT molecular complexity index is 650. The summed E-state index contributed by atoms with van der Waals surface area (Å²) in [5, 5.41) is 11.5. The lowest BCUT2D eigenvalue weighted by molar-refractivity contribution is -0.143. The standard InChI is InChI=1S/C14H14N2O4S/c17-13(16-6-2-1-4-10(16)14(18)19)9-8-21-12(15-9)11-5-3-7-20-11/h3,5,7-8,10H,1-2,4,6H2,(H,18,19)/t10-/m0/s1. The molecule has 0 unspecified atom stereocenters. The predicted octanol–water partition coefficient (Wildman–Crippen LogP) is 2.48. The minimum Gasteiger partial charge on any atom is -0.480 e. The molecule has 3 rings (SSSR count). The summed E-state index contributed by atoms with van der Waals surface area (Å²) in [6.45, 7) is 0.462. The van der Waals surface area contributed by atoms with E-state index >= 15 is 0 Å². The van der Waals surface area contributed by atoms with Gasteiger partial charge in [0.2, 0.25) is 0 Å². The molecule has 0 spiro atoms. The molecule has 1 atom stereocenters. The fraction of sp³-hybridized carbons (Fsp3) is 0.357. The Balaban J connectivity index is 1.83. The van der Waals surface area contributed by atoms with E-state index in [2.05, 4.69) is 4.98 Å². The Morgan fingerprint density at radius 3 is 3.00 bits per heavy atom. The number of carboxylic acids is 1. The van der Waals surface area contributed by atoms with Crippen molar-refractivity contribution >= 4 is 23.2 Å². The van der Waals surface area contributed by atoms with E-state index in [4.69, 9.17) is 4.42 Å². The van der Waals surface area contributed by atoms with Gasteiger partial charge in [0.1, 0.15) is 11.7 Å². The summed E-state index contributed by atoms with van der Waals surface area (Å²) in [5.41, 5.74) is 0.277. The molecule has 2 aromatic heterocycles. The number of carboxylic acid groups (broad SMARTS) is 1. The number of thiazole rings is 1. The number of furan rings is 1. The van der Waals surface area contributed by atoms with E-state index in [9.17, 15) is 14.7 Å². The van der Waals surface area contributed by atoms with Crippen molar-refractivity contribution in [2.45, 2.75) is 25.3 Å². The summed E-state index contributed by atoms with van der Waals surface area (Å²) >= 11 is 1.31. The molecule has 1 amide bonds. The van der Waals surface area contributed by atoms with Gasteiger partial charge in [0.05, 0.1) is 6.26 Å². The lowest BCUT2D eigenvalue weighted by Gasteiger charge is -2.32. The number of carbonyl (C=O) groups excluding carboxylic acids is 1. The summed E-state index contributed by atoms with van der Waals surface area (Å²) in [7, 11) is 0. The number of aliphatic carboxylic acids is 1. The van der Waals surface area contributed by atoms with Gasteiger partial charge in [-0.1, -0.05) is 0 Å². The zero-order valence-electron chi connectivity index (χ0n) is 11.2. The van der Waals surface area contributed by atoms with Gasteiger partial charge in [-0.15, -0.1) is 11.3 Å². The van der Waals surface area contributed by atoms with Crippen LogP contribution in [0, 0.1) is 0 Å². The molecule has 3 heterocycles. The molecular weight excluding hydrogens is 292 g/mol. The van der Waals surface area contributed by atoms with Gasteiger partial charge in [-0.25, -0.2) is 9.78 Å². The molecule has 7 heteroatoms. The van der Waals surface area contributed by atoms with Crippen LogP contribution in [0.15, 0.2) is 28.2 Å². The van der Waals surface area contributed by atoms with E-state index < -0.39 is 12.0 Å². The van der Waals surface area contributed by atoms with Crippen LogP contribution in [0.1, 0.15) is 29.8 Å². The summed E-state index contributed by atoms with van der Waals surface area (Å²) < 4.78 is 5.25. The van der Waals surface area contributed by atoms with Crippen LogP contribution in [0.5, 0.6) is 0 Å². The van der Waals surface area contributed by atoms with Gasteiger partial charge in [-0.2, -0.15) is 0 Å². The van der Waals surface area contributed by atoms with E-state index in [0.29, 0.717) is 23.7 Å². The maximum absolute atomic E-state index is 12.5. The third-order valence-electron chi connectivity index (χ3n) is 3.50. The molecule has 110 valence electrons. The van der Waals surface area contributed by atoms with Crippen LogP contribution in [0.25, 0.3) is 10.8 Å². The van der Waals surface area contributed by atoms with Gasteiger partial charge < -0.3 is 14.4 Å². The second-order valence-electron chi connectivity index (χ2n) is 4.86. The summed E-state index contributed by atoms with van der Waals surface area (Å²) in [4.78, 5) is 29.4. The average molecular weight is 306 g/mol. The van der Waals surface area contributed by atoms with Crippen LogP contribution < -0.4 is 0 Å². The first-order chi connectivity index (χ1) is 10.2. The molecule has 1 aliphatic heterocycles. The fourth-order valence-corrected chi connectivity index (χ4v) is 3.22. The second kappa shape index (κ2) is 5.69. The molecular formula is C14H14N2O4S. The topological polar surface area (TPSA) is 83.6 Å². The second-order valence-corrected chi connectivity index (χ2v) is 5.72. The van der Waals surface area contributed by atoms with Gasteiger partial charge in [-0.05, 0) is 31.4 Å². The lowest BCUT2D eigenvalue weighted by atomic mass is 10.0. The highest BCUT2D eigenvalue weighted by Crippen LogP contribution is 2.26. The van der Waals surface area contributed by atoms with E-state index in [1.165, 1.54) is 16.2 Å². The van der Waals surface area contributed by atoms with Gasteiger partial charge >= 0.3 is 5.97 Å². The Hall–Kier alpha value is -2.15. The minimum atomic E-state index is -0.954. The highest BCUT2D eigenvalue weighted by atomic mass is 32.1. The number of piperidine rings is 1. The molecule has 21 heavy (non-hydrogen) atoms. The summed E-state index contributed by atoms with van der Waals surface area (Å²) in [6, 6.07) is 2.78. The van der Waals surface area contributed by atoms with Crippen LogP contribution in [-0.4, -0.2) is 39.5 Å². The first-order valence-electron chi connectivity index (χ1n) is 6.70. The number of aromatic nitrogens is 1. The maximum atomic E-state index is 12.5. The number of hydrogen-bond donors (Lipinski definition) is 1. The first-order valence-corrected chi connectivity index (χ1v) is 7.58. The Morgan fingerprint density at radius 2 is 2.29 bits per heavy atom. The normalized spacial score (nSPS) is 18.7. The molecule has 1 N–H and O–H groups in total. The van der Waals surface area contributed by atoms with Crippen LogP contribution >= 0.6 is 11.3 Å². The van der Waals surface area contributed by atoms with E-state index in [1.807, 2.05) is 0 Å². The van der Waals surface area contributed by atoms with Crippen LogP contribution in [-0.2, 0) is 4.79 Å². The Kier molecular flexibility index (Phi) is 3.74. The number of hydrogen-bond acceptors (Lipinski definition) is 5. The molecule has 1 aliphatic rings. The highest BCUT2D eigenvalue weighted by molar-refractivity contribution is 7.13. The zero-order chi connectivity index (χ0) is 14.8. The SMILES string of the molecule is O=C(O)[C@@H]1CCCCN1C(=O)c1csc(-c2ccco2)n1. The third kappa shape index (κ3) is 2.69. The van der Waals surface area contributed by atoms with E-state index in [1.54, 1.807) is 23.8 Å². The molecule has 0 saturated carbocycles. The largest absolute Gasteiger partial charge is 0.480 e. The summed E-state index contributed by atoms with van der Waals surface area (Å²) in [5.74, 6) is -0.673. The number of carbonyl (C=O) groups is 2. The molecule has 1 fully saturated rings. The quantitative estimate of drug-likeness (QED) is 0.941. The average Bonchev–Trinajstić information content (AvgIpc) is 3.17. The first kappa shape index (κ1) is 13.8. The van der Waals surface area contributed by atoms with E-state index in [-0.39, 0.29) is 11.6 Å². The van der Waals surface area contributed by atoms with Gasteiger partial charge in [-0.3, -0.25) is 4.79 Å². The molecule has 0 aromatic carbocycles. The monoisotopic (exact) mass is 306 g/mol. The molecule has 2 aromatic rings. The smallest absolute Gasteiger partial charge is 0.326 e. The van der Waals surface area contributed by atoms with Crippen molar-refractivity contribution in [2.75, 3.05) is 6.54 Å². The van der Waals surface area contributed by atoms with Crippen LogP contribution in [0.2, 0.25) is 0 Å². The van der Waals surface area contributed by atoms with Crippen molar-refractivity contribution in [1.29, 1.82) is 0 Å². The van der Waals surface area contributed by atoms with Gasteiger partial charge in [0.25, 0.3) is 5.91 Å². The minimum absolute atomic E-state index is 0.277. The Labute approximate surface area is 125 Å². The van der Waals surface area contributed by atoms with Crippen molar-refractivity contribution in [3.05, 3.63) is 29.5 Å². The van der Waals surface area contributed by atoms with Crippen molar-refractivity contribution < 1.29 is 19.1 Å². The number of nitrogens with zero attached hydrogens (tertiary/aromatic N) is 2. The maximum Gasteiger partial charge on any atom is 0.326 e. The van der Waals surface area contributed by atoms with Crippen LogP contribution in [0.3, 0.4) is 0 Å². The number of likely N-dealkylation sites (tertiary alicyclic amines) is 1. The van der Waals surface area contributed by atoms with Crippen molar-refractivity contribution in [2.24, 2.45) is 0 Å². The van der Waals surface area contributed by atoms with Crippen molar-refractivity contribution in [3.8, 4) is 10.8 Å². The predicted molar refractivity (Wildman–Crippen MR) is 76.1 cm³/mol. The molecule has 0 aliphatic carbocycles. The van der Waals surface area contributed by atoms with Crippen molar-refractivity contribution in [3.63, 3.8) is 0 Å². The third-order valence-corrected chi connectivity index (χ3v) is 4.36. The van der Waals surface area contributed by atoms with Gasteiger partial charge in [0, 0.05) is 11.9 Å². The lowest BCUT2D eigenvalue weighted by Crippen LogP contribution is -2.48. The van der Waals surface area contributed by atoms with Crippen molar-refractivity contribution in [1.82, 2.24) is 9.88 Å².